The lowest BCUT2D eigenvalue weighted by Gasteiger charge is -2.34. The highest BCUT2D eigenvalue weighted by Crippen LogP contribution is 2.42. The Labute approximate surface area is 243 Å². The van der Waals surface area contributed by atoms with Gasteiger partial charge in [0.25, 0.3) is 0 Å². The topological polar surface area (TPSA) is 78.2 Å². The first-order valence-corrected chi connectivity index (χ1v) is 15.3. The highest BCUT2D eigenvalue weighted by atomic mass is 19.1. The van der Waals surface area contributed by atoms with Crippen molar-refractivity contribution in [1.82, 2.24) is 24.8 Å². The smallest absolute Gasteiger partial charge is 0.336 e. The molecule has 8 nitrogen and oxygen atoms in total. The van der Waals surface area contributed by atoms with Gasteiger partial charge in [0.05, 0.1) is 5.54 Å². The molecule has 6 heterocycles. The Morgan fingerprint density at radius 3 is 2.76 bits per heavy atom. The van der Waals surface area contributed by atoms with E-state index in [9.17, 15) is 9.50 Å². The molecule has 4 aliphatic heterocycles. The lowest BCUT2D eigenvalue weighted by atomic mass is 9.94. The number of alkyl halides is 1. The van der Waals surface area contributed by atoms with Crippen molar-refractivity contribution < 1.29 is 18.6 Å². The number of halogens is 2. The zero-order valence-corrected chi connectivity index (χ0v) is 23.8. The Balaban J connectivity index is 1.26. The van der Waals surface area contributed by atoms with Gasteiger partial charge in [0.15, 0.2) is 5.82 Å². The fourth-order valence-corrected chi connectivity index (χ4v) is 8.09. The van der Waals surface area contributed by atoms with Crippen molar-refractivity contribution in [2.75, 3.05) is 37.7 Å². The molecule has 2 N–H and O–H groups in total. The number of ether oxygens (including phenoxy) is 1. The number of aromatic hydroxyl groups is 1. The molecule has 0 radical (unpaired) electrons. The Morgan fingerprint density at radius 2 is 1.95 bits per heavy atom. The van der Waals surface area contributed by atoms with E-state index < -0.39 is 12.1 Å². The zero-order chi connectivity index (χ0) is 28.6. The molecule has 2 aromatic heterocycles. The minimum atomic E-state index is -0.862. The van der Waals surface area contributed by atoms with Gasteiger partial charge in [-0.05, 0) is 78.7 Å². The fourth-order valence-electron chi connectivity index (χ4n) is 8.09. The lowest BCUT2D eigenvalue weighted by Crippen LogP contribution is -2.51. The molecule has 2 bridgehead atoms. The standard InChI is InChI=1S/C32H36F2N6O2/c1-2-19-5-3-6-20-11-24(41)12-25(28(19)20)26-13-27-30(38-16-22-7-8-23(17-38)35-22)36-31(37-40(27)29(26)34)42-18-32-9-4-10-39(32)15-21(33)14-32/h3,5-6,11-13,21-23,35,41H,2,4,7-10,14-18H2,1H3/t21-,22?,23?,32?/m1/s1. The summed E-state index contributed by atoms with van der Waals surface area (Å²) in [6.45, 7) is 5.18. The van der Waals surface area contributed by atoms with Crippen LogP contribution in [0.3, 0.4) is 0 Å². The minimum Gasteiger partial charge on any atom is -0.508 e. The number of piperazine rings is 1. The van der Waals surface area contributed by atoms with E-state index in [1.54, 1.807) is 18.2 Å². The summed E-state index contributed by atoms with van der Waals surface area (Å²) in [5, 5.41) is 20.6. The maximum Gasteiger partial charge on any atom is 0.336 e. The van der Waals surface area contributed by atoms with Crippen LogP contribution in [-0.4, -0.2) is 81.2 Å². The molecule has 42 heavy (non-hydrogen) atoms. The number of nitrogens with zero attached hydrogens (tertiary/aromatic N) is 5. The molecule has 220 valence electrons. The van der Waals surface area contributed by atoms with Crippen molar-refractivity contribution >= 4 is 22.1 Å². The van der Waals surface area contributed by atoms with Crippen molar-refractivity contribution in [1.29, 1.82) is 0 Å². The van der Waals surface area contributed by atoms with Crippen molar-refractivity contribution in [3.05, 3.63) is 47.9 Å². The molecule has 4 aliphatic rings. The number of aryl methyl sites for hydroxylation is 1. The summed E-state index contributed by atoms with van der Waals surface area (Å²) in [6, 6.07) is 11.9. The van der Waals surface area contributed by atoms with Crippen molar-refractivity contribution in [3.8, 4) is 22.9 Å². The molecule has 3 unspecified atom stereocenters. The van der Waals surface area contributed by atoms with Gasteiger partial charge in [-0.1, -0.05) is 25.1 Å². The van der Waals surface area contributed by atoms with Crippen molar-refractivity contribution in [2.24, 2.45) is 0 Å². The van der Waals surface area contributed by atoms with Gasteiger partial charge in [0.2, 0.25) is 5.95 Å². The fraction of sp³-hybridized carbons (Fsp3) is 0.500. The SMILES string of the molecule is CCc1cccc2cc(O)cc(-c3cc4c(N5CC6CCC(C5)N6)nc(OCC56CCCN5C[C@H](F)C6)nn4c3F)c12. The lowest BCUT2D eigenvalue weighted by molar-refractivity contribution is 0.106. The van der Waals surface area contributed by atoms with Gasteiger partial charge in [-0.25, -0.2) is 4.39 Å². The monoisotopic (exact) mass is 574 g/mol. The number of benzene rings is 2. The molecular weight excluding hydrogens is 538 g/mol. The minimum absolute atomic E-state index is 0.0810. The van der Waals surface area contributed by atoms with Crippen LogP contribution < -0.4 is 15.0 Å². The summed E-state index contributed by atoms with van der Waals surface area (Å²) in [4.78, 5) is 9.30. The number of aromatic nitrogens is 3. The molecule has 4 saturated heterocycles. The molecule has 0 amide bonds. The Hall–Kier alpha value is -3.50. The normalized spacial score (nSPS) is 27.4. The van der Waals surface area contributed by atoms with Gasteiger partial charge in [-0.3, -0.25) is 4.90 Å². The second-order valence-electron chi connectivity index (χ2n) is 12.6. The predicted molar refractivity (Wildman–Crippen MR) is 158 cm³/mol. The number of hydrogen-bond donors (Lipinski definition) is 2. The van der Waals surface area contributed by atoms with Crippen molar-refractivity contribution in [3.63, 3.8) is 0 Å². The summed E-state index contributed by atoms with van der Waals surface area (Å²) < 4.78 is 38.5. The summed E-state index contributed by atoms with van der Waals surface area (Å²) in [6.07, 6.45) is 4.44. The van der Waals surface area contributed by atoms with Crippen LogP contribution in [0.2, 0.25) is 0 Å². The van der Waals surface area contributed by atoms with Crippen molar-refractivity contribution in [2.45, 2.75) is 69.2 Å². The highest BCUT2D eigenvalue weighted by Gasteiger charge is 2.49. The number of fused-ring (bicyclic) bond motifs is 5. The largest absolute Gasteiger partial charge is 0.508 e. The number of hydrogen-bond acceptors (Lipinski definition) is 7. The number of anilines is 1. The average molecular weight is 575 g/mol. The molecular formula is C32H36F2N6O2. The highest BCUT2D eigenvalue weighted by molar-refractivity contribution is 6.01. The van der Waals surface area contributed by atoms with E-state index in [0.29, 0.717) is 47.5 Å². The van der Waals surface area contributed by atoms with E-state index in [0.717, 1.165) is 68.1 Å². The summed E-state index contributed by atoms with van der Waals surface area (Å²) in [5.74, 6) is 0.191. The van der Waals surface area contributed by atoms with Crippen LogP contribution in [0, 0.1) is 5.95 Å². The molecule has 0 spiro atoms. The summed E-state index contributed by atoms with van der Waals surface area (Å²) >= 11 is 0. The number of phenols is 1. The average Bonchev–Trinajstić information content (AvgIpc) is 3.71. The molecule has 10 heteroatoms. The summed E-state index contributed by atoms with van der Waals surface area (Å²) in [5.41, 5.74) is 2.27. The Morgan fingerprint density at radius 1 is 1.12 bits per heavy atom. The van der Waals surface area contributed by atoms with Gasteiger partial charge in [0, 0.05) is 43.7 Å². The van der Waals surface area contributed by atoms with Gasteiger partial charge < -0.3 is 20.1 Å². The van der Waals surface area contributed by atoms with E-state index in [4.69, 9.17) is 9.72 Å². The third-order valence-electron chi connectivity index (χ3n) is 10.00. The molecule has 8 rings (SSSR count). The first-order chi connectivity index (χ1) is 20.4. The quantitative estimate of drug-likeness (QED) is 0.341. The first-order valence-electron chi connectivity index (χ1n) is 15.3. The van der Waals surface area contributed by atoms with Crippen LogP contribution in [-0.2, 0) is 6.42 Å². The number of rotatable bonds is 6. The molecule has 4 fully saturated rings. The summed E-state index contributed by atoms with van der Waals surface area (Å²) in [7, 11) is 0. The maximum atomic E-state index is 16.6. The van der Waals surface area contributed by atoms with E-state index in [1.807, 2.05) is 18.2 Å². The second kappa shape index (κ2) is 9.77. The number of phenolic OH excluding ortho intramolecular Hbond substituents is 1. The number of nitrogens with one attached hydrogen (secondary N) is 1. The van der Waals surface area contributed by atoms with Gasteiger partial charge >= 0.3 is 6.01 Å². The maximum absolute atomic E-state index is 16.6. The van der Waals surface area contributed by atoms with Gasteiger partial charge in [-0.2, -0.15) is 13.9 Å². The molecule has 4 atom stereocenters. The second-order valence-corrected chi connectivity index (χ2v) is 12.6. The Bertz CT molecular complexity index is 1680. The zero-order valence-electron chi connectivity index (χ0n) is 23.8. The molecule has 0 aliphatic carbocycles. The first kappa shape index (κ1) is 26.2. The van der Waals surface area contributed by atoms with Crippen LogP contribution in [0.1, 0.15) is 44.6 Å². The van der Waals surface area contributed by atoms with Gasteiger partial charge in [-0.15, -0.1) is 5.10 Å². The van der Waals surface area contributed by atoms with E-state index in [1.165, 1.54) is 4.52 Å². The molecule has 4 aromatic rings. The predicted octanol–water partition coefficient (Wildman–Crippen LogP) is 4.85. The van der Waals surface area contributed by atoms with E-state index >= 15 is 4.39 Å². The molecule has 2 aromatic carbocycles. The van der Waals surface area contributed by atoms with E-state index in [-0.39, 0.29) is 23.9 Å². The van der Waals surface area contributed by atoms with Crippen LogP contribution in [0.5, 0.6) is 11.8 Å². The third-order valence-corrected chi connectivity index (χ3v) is 10.00. The Kier molecular flexibility index (Phi) is 6.08. The van der Waals surface area contributed by atoms with Crippen LogP contribution in [0.4, 0.5) is 14.6 Å². The van der Waals surface area contributed by atoms with Gasteiger partial charge in [0.1, 0.15) is 24.0 Å². The van der Waals surface area contributed by atoms with Crippen LogP contribution >= 0.6 is 0 Å². The van der Waals surface area contributed by atoms with Crippen LogP contribution in [0.25, 0.3) is 27.4 Å². The molecule has 0 saturated carbocycles. The van der Waals surface area contributed by atoms with Crippen LogP contribution in [0.15, 0.2) is 36.4 Å². The van der Waals surface area contributed by atoms with E-state index in [2.05, 4.69) is 27.1 Å². The third kappa shape index (κ3) is 4.13.